The van der Waals surface area contributed by atoms with E-state index in [9.17, 15) is 9.59 Å². The predicted molar refractivity (Wildman–Crippen MR) is 117 cm³/mol. The van der Waals surface area contributed by atoms with Crippen LogP contribution in [0.2, 0.25) is 0 Å². The summed E-state index contributed by atoms with van der Waals surface area (Å²) >= 11 is 0. The van der Waals surface area contributed by atoms with E-state index in [2.05, 4.69) is 10.3 Å². The Labute approximate surface area is 181 Å². The van der Waals surface area contributed by atoms with E-state index in [1.165, 1.54) is 0 Å². The van der Waals surface area contributed by atoms with Crippen LogP contribution < -0.4 is 10.1 Å². The molecular weight excluding hydrogens is 394 g/mol. The summed E-state index contributed by atoms with van der Waals surface area (Å²) < 4.78 is 7.45. The molecule has 31 heavy (non-hydrogen) atoms. The molecule has 2 amide bonds. The van der Waals surface area contributed by atoms with Gasteiger partial charge >= 0.3 is 0 Å². The molecule has 0 spiro atoms. The number of likely N-dealkylation sites (tertiary alicyclic amines) is 1. The van der Waals surface area contributed by atoms with Crippen LogP contribution in [0.3, 0.4) is 0 Å². The predicted octanol–water partition coefficient (Wildman–Crippen LogP) is 2.58. The number of carbonyl (C=O) groups excluding carboxylic acids is 2. The maximum Gasteiger partial charge on any atom is 0.242 e. The first-order valence-electron chi connectivity index (χ1n) is 10.4. The molecule has 0 radical (unpaired) electrons. The molecule has 8 heteroatoms. The van der Waals surface area contributed by atoms with Crippen LogP contribution in [0.15, 0.2) is 30.6 Å². The Hall–Kier alpha value is -3.42. The average molecular weight is 422 g/mol. The van der Waals surface area contributed by atoms with Crippen molar-refractivity contribution in [2.24, 2.45) is 7.05 Å². The third kappa shape index (κ3) is 3.97. The third-order valence-electron chi connectivity index (χ3n) is 5.85. The zero-order valence-electron chi connectivity index (χ0n) is 18.3. The number of rotatable bonds is 6. The van der Waals surface area contributed by atoms with E-state index < -0.39 is 6.04 Å². The molecule has 1 aromatic carbocycles. The topological polar surface area (TPSA) is 89.4 Å². The van der Waals surface area contributed by atoms with Gasteiger partial charge in [0.1, 0.15) is 17.6 Å². The molecule has 0 unspecified atom stereocenters. The van der Waals surface area contributed by atoms with E-state index >= 15 is 0 Å². The zero-order valence-corrected chi connectivity index (χ0v) is 18.3. The van der Waals surface area contributed by atoms with Crippen molar-refractivity contribution in [1.82, 2.24) is 24.8 Å². The summed E-state index contributed by atoms with van der Waals surface area (Å²) in [6, 6.07) is 5.44. The molecule has 0 bridgehead atoms. The van der Waals surface area contributed by atoms with Gasteiger partial charge in [-0.2, -0.15) is 0 Å². The van der Waals surface area contributed by atoms with E-state index in [1.807, 2.05) is 42.9 Å². The average Bonchev–Trinajstić information content (AvgIpc) is 3.34. The Kier molecular flexibility index (Phi) is 5.63. The molecule has 2 aromatic heterocycles. The lowest BCUT2D eigenvalue weighted by molar-refractivity contribution is -0.136. The first-order chi connectivity index (χ1) is 14.9. The lowest BCUT2D eigenvalue weighted by Crippen LogP contribution is -2.45. The number of nitrogens with zero attached hydrogens (tertiary/aromatic N) is 4. The maximum absolute atomic E-state index is 12.7. The number of hydrogen-bond acceptors (Lipinski definition) is 5. The van der Waals surface area contributed by atoms with Crippen molar-refractivity contribution in [3.8, 4) is 17.0 Å². The summed E-state index contributed by atoms with van der Waals surface area (Å²) in [4.78, 5) is 35.3. The molecule has 1 atom stereocenters. The highest BCUT2D eigenvalue weighted by Gasteiger charge is 2.29. The number of carbonyl (C=O) groups is 2. The molecule has 1 fully saturated rings. The number of nitrogens with one attached hydrogen (secondary N) is 1. The van der Waals surface area contributed by atoms with Crippen molar-refractivity contribution in [1.29, 1.82) is 0 Å². The molecule has 1 aliphatic heterocycles. The van der Waals surface area contributed by atoms with Gasteiger partial charge < -0.3 is 19.5 Å². The number of ether oxygens (including phenoxy) is 1. The van der Waals surface area contributed by atoms with Gasteiger partial charge in [0, 0.05) is 61.0 Å². The molecule has 0 saturated carbocycles. The van der Waals surface area contributed by atoms with Gasteiger partial charge in [0.05, 0.1) is 12.8 Å². The third-order valence-corrected chi connectivity index (χ3v) is 5.85. The van der Waals surface area contributed by atoms with Gasteiger partial charge in [-0.05, 0) is 38.5 Å². The summed E-state index contributed by atoms with van der Waals surface area (Å²) in [5.74, 6) is 1.28. The second-order valence-electron chi connectivity index (χ2n) is 7.91. The van der Waals surface area contributed by atoms with Gasteiger partial charge in [0.15, 0.2) is 0 Å². The molecule has 3 aromatic rings. The van der Waals surface area contributed by atoms with Crippen LogP contribution in [0.1, 0.15) is 31.2 Å². The van der Waals surface area contributed by atoms with Crippen LogP contribution in [0.5, 0.6) is 5.75 Å². The van der Waals surface area contributed by atoms with Crippen molar-refractivity contribution in [3.05, 3.63) is 42.0 Å². The molecule has 4 rings (SSSR count). The normalized spacial score (nSPS) is 14.8. The summed E-state index contributed by atoms with van der Waals surface area (Å²) in [7, 11) is 3.63. The van der Waals surface area contributed by atoms with Gasteiger partial charge in [-0.3, -0.25) is 9.59 Å². The lowest BCUT2D eigenvalue weighted by Gasteiger charge is -2.23. The van der Waals surface area contributed by atoms with E-state index in [0.717, 1.165) is 39.9 Å². The second-order valence-corrected chi connectivity index (χ2v) is 7.91. The van der Waals surface area contributed by atoms with Gasteiger partial charge in [-0.1, -0.05) is 0 Å². The zero-order chi connectivity index (χ0) is 22.1. The number of aromatic nitrogens is 3. The monoisotopic (exact) mass is 421 g/mol. The molecule has 8 nitrogen and oxygen atoms in total. The summed E-state index contributed by atoms with van der Waals surface area (Å²) in [6.07, 6.45) is 5.10. The Bertz CT molecular complexity index is 1150. The molecule has 1 N–H and O–H groups in total. The van der Waals surface area contributed by atoms with Crippen LogP contribution in [-0.4, -0.2) is 50.9 Å². The van der Waals surface area contributed by atoms with Crippen molar-refractivity contribution < 1.29 is 14.3 Å². The Balaban J connectivity index is 1.64. The van der Waals surface area contributed by atoms with Crippen molar-refractivity contribution >= 4 is 22.7 Å². The highest BCUT2D eigenvalue weighted by Crippen LogP contribution is 2.33. The van der Waals surface area contributed by atoms with Gasteiger partial charge in [0.25, 0.3) is 0 Å². The number of aryl methyl sites for hydroxylation is 2. The molecule has 0 aliphatic carbocycles. The fourth-order valence-corrected chi connectivity index (χ4v) is 4.09. The Morgan fingerprint density at radius 2 is 2.16 bits per heavy atom. The largest absolute Gasteiger partial charge is 0.497 e. The van der Waals surface area contributed by atoms with E-state index in [4.69, 9.17) is 9.72 Å². The standard InChI is InChI=1S/C23H27N5O3/c1-14(28-9-5-6-21(28)29)23(30)25-12-16-11-24-15(2)26-22(16)19-13-27(3)20-8-7-17(31-4)10-18(19)20/h7-8,10-11,13-14H,5-6,9,12H2,1-4H3,(H,25,30)/t14-/m0/s1. The summed E-state index contributed by atoms with van der Waals surface area (Å²) in [5.41, 5.74) is 3.60. The highest BCUT2D eigenvalue weighted by molar-refractivity contribution is 5.96. The number of amides is 2. The summed E-state index contributed by atoms with van der Waals surface area (Å²) in [5, 5.41) is 3.98. The van der Waals surface area contributed by atoms with Crippen LogP contribution in [0, 0.1) is 6.92 Å². The minimum Gasteiger partial charge on any atom is -0.497 e. The van der Waals surface area contributed by atoms with Gasteiger partial charge in [-0.15, -0.1) is 0 Å². The minimum atomic E-state index is -0.494. The number of fused-ring (bicyclic) bond motifs is 1. The highest BCUT2D eigenvalue weighted by atomic mass is 16.5. The molecule has 3 heterocycles. The Morgan fingerprint density at radius 1 is 1.35 bits per heavy atom. The number of methoxy groups -OCH3 is 1. The molecule has 1 aliphatic rings. The van der Waals surface area contributed by atoms with Crippen LogP contribution >= 0.6 is 0 Å². The summed E-state index contributed by atoms with van der Waals surface area (Å²) in [6.45, 7) is 4.52. The molecule has 1 saturated heterocycles. The van der Waals surface area contributed by atoms with Crippen LogP contribution in [0.25, 0.3) is 22.2 Å². The van der Waals surface area contributed by atoms with Crippen LogP contribution in [-0.2, 0) is 23.2 Å². The number of benzene rings is 1. The first-order valence-corrected chi connectivity index (χ1v) is 10.4. The maximum atomic E-state index is 12.7. The van der Waals surface area contributed by atoms with Crippen LogP contribution in [0.4, 0.5) is 0 Å². The van der Waals surface area contributed by atoms with Gasteiger partial charge in [-0.25, -0.2) is 9.97 Å². The first kappa shape index (κ1) is 20.8. The SMILES string of the molecule is COc1ccc2c(c1)c(-c1nc(C)ncc1CNC(=O)[C@H](C)N1CCCC1=O)cn2C. The smallest absolute Gasteiger partial charge is 0.242 e. The fourth-order valence-electron chi connectivity index (χ4n) is 4.09. The molecular formula is C23H27N5O3. The van der Waals surface area contributed by atoms with Crippen molar-refractivity contribution in [3.63, 3.8) is 0 Å². The minimum absolute atomic E-state index is 0.0340. The number of hydrogen-bond donors (Lipinski definition) is 1. The van der Waals surface area contributed by atoms with E-state index in [0.29, 0.717) is 18.8 Å². The van der Waals surface area contributed by atoms with E-state index in [1.54, 1.807) is 25.1 Å². The van der Waals surface area contributed by atoms with Crippen molar-refractivity contribution in [2.75, 3.05) is 13.7 Å². The lowest BCUT2D eigenvalue weighted by atomic mass is 10.1. The molecule has 162 valence electrons. The fraction of sp³-hybridized carbons (Fsp3) is 0.391. The Morgan fingerprint density at radius 3 is 2.87 bits per heavy atom. The van der Waals surface area contributed by atoms with E-state index in [-0.39, 0.29) is 18.4 Å². The quantitative estimate of drug-likeness (QED) is 0.661. The van der Waals surface area contributed by atoms with Crippen molar-refractivity contribution in [2.45, 2.75) is 39.3 Å². The van der Waals surface area contributed by atoms with Gasteiger partial charge in [0.2, 0.25) is 11.8 Å². The second kappa shape index (κ2) is 8.37.